The number of rotatable bonds is 5. The summed E-state index contributed by atoms with van der Waals surface area (Å²) < 4.78 is 10.1. The Balaban J connectivity index is 2.35. The van der Waals surface area contributed by atoms with Crippen molar-refractivity contribution < 1.29 is 19.2 Å². The van der Waals surface area contributed by atoms with Gasteiger partial charge in [0.05, 0.1) is 25.2 Å². The molecule has 0 heterocycles. The number of benzene rings is 1. The van der Waals surface area contributed by atoms with Crippen molar-refractivity contribution in [3.05, 3.63) is 27.8 Å². The molecule has 7 heteroatoms. The monoisotopic (exact) mass is 294 g/mol. The maximum absolute atomic E-state index is 12.3. The van der Waals surface area contributed by atoms with Crippen molar-refractivity contribution in [3.8, 4) is 11.5 Å². The first-order chi connectivity index (χ1) is 10.1. The molecular formula is C14H18N2O5. The second-order valence-electron chi connectivity index (χ2n) is 4.94. The summed E-state index contributed by atoms with van der Waals surface area (Å²) in [6.07, 6.45) is 3.96. The Labute approximate surface area is 122 Å². The first-order valence-electron chi connectivity index (χ1n) is 6.78. The third-order valence-corrected chi connectivity index (χ3v) is 3.63. The van der Waals surface area contributed by atoms with Crippen LogP contribution in [0, 0.1) is 10.1 Å². The zero-order valence-corrected chi connectivity index (χ0v) is 12.0. The van der Waals surface area contributed by atoms with Gasteiger partial charge in [-0.05, 0) is 12.8 Å². The van der Waals surface area contributed by atoms with Crippen LogP contribution in [-0.4, -0.2) is 31.1 Å². The summed E-state index contributed by atoms with van der Waals surface area (Å²) in [5.74, 6) is 0.0656. The number of nitro benzene ring substituents is 1. The van der Waals surface area contributed by atoms with Crippen LogP contribution in [0.1, 0.15) is 36.0 Å². The summed E-state index contributed by atoms with van der Waals surface area (Å²) >= 11 is 0. The van der Waals surface area contributed by atoms with Crippen molar-refractivity contribution in [2.45, 2.75) is 31.7 Å². The topological polar surface area (TPSA) is 90.7 Å². The molecule has 7 nitrogen and oxygen atoms in total. The fourth-order valence-electron chi connectivity index (χ4n) is 2.53. The van der Waals surface area contributed by atoms with Crippen LogP contribution in [-0.2, 0) is 0 Å². The Kier molecular flexibility index (Phi) is 4.62. The number of carbonyl (C=O) groups is 1. The lowest BCUT2D eigenvalue weighted by Gasteiger charge is -2.14. The molecule has 0 bridgehead atoms. The predicted molar refractivity (Wildman–Crippen MR) is 75.9 cm³/mol. The van der Waals surface area contributed by atoms with E-state index in [9.17, 15) is 14.9 Å². The summed E-state index contributed by atoms with van der Waals surface area (Å²) in [6.45, 7) is 0. The average Bonchev–Trinajstić information content (AvgIpc) is 2.98. The highest BCUT2D eigenvalue weighted by atomic mass is 16.6. The molecule has 1 aliphatic rings. The normalized spacial score (nSPS) is 14.8. The standard InChI is InChI=1S/C14H18N2O5/c1-20-12-7-10(11(16(18)19)8-13(12)21-2)14(17)15-9-5-3-4-6-9/h7-9H,3-6H2,1-2H3,(H,15,17). The van der Waals surface area contributed by atoms with E-state index in [1.165, 1.54) is 26.4 Å². The fraction of sp³-hybridized carbons (Fsp3) is 0.500. The Morgan fingerprint density at radius 1 is 1.24 bits per heavy atom. The van der Waals surface area contributed by atoms with Gasteiger partial charge in [-0.3, -0.25) is 14.9 Å². The van der Waals surface area contributed by atoms with Crippen molar-refractivity contribution in [2.24, 2.45) is 0 Å². The SMILES string of the molecule is COc1cc(C(=O)NC2CCCC2)c([N+](=O)[O-])cc1OC. The van der Waals surface area contributed by atoms with Crippen molar-refractivity contribution in [2.75, 3.05) is 14.2 Å². The molecule has 0 atom stereocenters. The highest BCUT2D eigenvalue weighted by Gasteiger charge is 2.26. The number of carbonyl (C=O) groups excluding carboxylic acids is 1. The number of methoxy groups -OCH3 is 2. The zero-order chi connectivity index (χ0) is 15.4. The molecule has 0 unspecified atom stereocenters. The Bertz CT molecular complexity index is 553. The van der Waals surface area contributed by atoms with Gasteiger partial charge < -0.3 is 14.8 Å². The summed E-state index contributed by atoms with van der Waals surface area (Å²) in [4.78, 5) is 22.9. The average molecular weight is 294 g/mol. The molecule has 114 valence electrons. The molecule has 1 aromatic carbocycles. The molecule has 1 amide bonds. The molecule has 0 saturated heterocycles. The van der Waals surface area contributed by atoms with Gasteiger partial charge in [0.2, 0.25) is 0 Å². The number of nitrogens with zero attached hydrogens (tertiary/aromatic N) is 1. The molecule has 1 aromatic rings. The smallest absolute Gasteiger partial charge is 0.286 e. The largest absolute Gasteiger partial charge is 0.493 e. The van der Waals surface area contributed by atoms with Gasteiger partial charge in [-0.1, -0.05) is 12.8 Å². The van der Waals surface area contributed by atoms with E-state index in [-0.39, 0.29) is 23.0 Å². The van der Waals surface area contributed by atoms with Gasteiger partial charge in [-0.2, -0.15) is 0 Å². The first kappa shape index (κ1) is 15.1. The molecule has 1 saturated carbocycles. The van der Waals surface area contributed by atoms with Gasteiger partial charge in [0, 0.05) is 12.1 Å². The van der Waals surface area contributed by atoms with Crippen LogP contribution in [0.15, 0.2) is 12.1 Å². The van der Waals surface area contributed by atoms with Gasteiger partial charge in [-0.25, -0.2) is 0 Å². The second-order valence-corrected chi connectivity index (χ2v) is 4.94. The lowest BCUT2D eigenvalue weighted by molar-refractivity contribution is -0.385. The molecule has 0 aliphatic heterocycles. The van der Waals surface area contributed by atoms with Gasteiger partial charge in [-0.15, -0.1) is 0 Å². The number of amides is 1. The molecule has 0 spiro atoms. The van der Waals surface area contributed by atoms with Gasteiger partial charge in [0.15, 0.2) is 11.5 Å². The first-order valence-corrected chi connectivity index (χ1v) is 6.78. The van der Waals surface area contributed by atoms with Crippen LogP contribution in [0.4, 0.5) is 5.69 Å². The van der Waals surface area contributed by atoms with Crippen LogP contribution in [0.5, 0.6) is 11.5 Å². The minimum absolute atomic E-state index is 0.00968. The number of hydrogen-bond donors (Lipinski definition) is 1. The van der Waals surface area contributed by atoms with Crippen molar-refractivity contribution in [1.29, 1.82) is 0 Å². The third-order valence-electron chi connectivity index (χ3n) is 3.63. The zero-order valence-electron chi connectivity index (χ0n) is 12.0. The van der Waals surface area contributed by atoms with Crippen LogP contribution in [0.2, 0.25) is 0 Å². The van der Waals surface area contributed by atoms with E-state index >= 15 is 0 Å². The minimum Gasteiger partial charge on any atom is -0.493 e. The summed E-state index contributed by atoms with van der Waals surface area (Å²) in [7, 11) is 2.81. The molecule has 2 rings (SSSR count). The van der Waals surface area contributed by atoms with Crippen LogP contribution < -0.4 is 14.8 Å². The second kappa shape index (κ2) is 6.43. The van der Waals surface area contributed by atoms with E-state index in [1.807, 2.05) is 0 Å². The molecule has 0 radical (unpaired) electrons. The number of nitrogens with one attached hydrogen (secondary N) is 1. The van der Waals surface area contributed by atoms with E-state index in [0.29, 0.717) is 5.75 Å². The predicted octanol–water partition coefficient (Wildman–Crippen LogP) is 2.28. The van der Waals surface area contributed by atoms with Gasteiger partial charge >= 0.3 is 0 Å². The molecular weight excluding hydrogens is 276 g/mol. The molecule has 1 aliphatic carbocycles. The summed E-state index contributed by atoms with van der Waals surface area (Å²) in [5.41, 5.74) is -0.298. The lowest BCUT2D eigenvalue weighted by Crippen LogP contribution is -2.33. The minimum atomic E-state index is -0.592. The Hall–Kier alpha value is -2.31. The van der Waals surface area contributed by atoms with E-state index in [4.69, 9.17) is 9.47 Å². The van der Waals surface area contributed by atoms with Gasteiger partial charge in [0.25, 0.3) is 11.6 Å². The van der Waals surface area contributed by atoms with Crippen molar-refractivity contribution >= 4 is 11.6 Å². The number of ether oxygens (including phenoxy) is 2. The van der Waals surface area contributed by atoms with Crippen LogP contribution in [0.25, 0.3) is 0 Å². The summed E-state index contributed by atoms with van der Waals surface area (Å²) in [5, 5.41) is 14.0. The summed E-state index contributed by atoms with van der Waals surface area (Å²) in [6, 6.07) is 2.65. The maximum Gasteiger partial charge on any atom is 0.286 e. The quantitative estimate of drug-likeness (QED) is 0.664. The lowest BCUT2D eigenvalue weighted by atomic mass is 10.1. The molecule has 1 fully saturated rings. The molecule has 1 N–H and O–H groups in total. The van der Waals surface area contributed by atoms with E-state index in [1.54, 1.807) is 0 Å². The Morgan fingerprint density at radius 2 is 1.81 bits per heavy atom. The van der Waals surface area contributed by atoms with E-state index in [2.05, 4.69) is 5.32 Å². The highest BCUT2D eigenvalue weighted by molar-refractivity contribution is 5.99. The number of hydrogen-bond acceptors (Lipinski definition) is 5. The van der Waals surface area contributed by atoms with Crippen molar-refractivity contribution in [1.82, 2.24) is 5.32 Å². The highest BCUT2D eigenvalue weighted by Crippen LogP contribution is 2.34. The fourth-order valence-corrected chi connectivity index (χ4v) is 2.53. The van der Waals surface area contributed by atoms with Gasteiger partial charge in [0.1, 0.15) is 5.56 Å². The Morgan fingerprint density at radius 3 is 2.33 bits per heavy atom. The van der Waals surface area contributed by atoms with E-state index < -0.39 is 10.8 Å². The van der Waals surface area contributed by atoms with Crippen LogP contribution >= 0.6 is 0 Å². The van der Waals surface area contributed by atoms with Crippen molar-refractivity contribution in [3.63, 3.8) is 0 Å². The maximum atomic E-state index is 12.3. The molecule has 0 aromatic heterocycles. The molecule has 21 heavy (non-hydrogen) atoms. The number of nitro groups is 1. The third kappa shape index (κ3) is 3.24. The van der Waals surface area contributed by atoms with E-state index in [0.717, 1.165) is 25.7 Å². The van der Waals surface area contributed by atoms with Crippen LogP contribution in [0.3, 0.4) is 0 Å².